The molecule has 0 fully saturated rings. The van der Waals surface area contributed by atoms with E-state index in [9.17, 15) is 4.79 Å². The number of carbonyl (C=O) groups is 1. The van der Waals surface area contributed by atoms with Crippen molar-refractivity contribution >= 4 is 5.97 Å². The number of aliphatic hydroxyl groups is 2. The van der Waals surface area contributed by atoms with Gasteiger partial charge in [-0.25, -0.2) is 4.79 Å². The van der Waals surface area contributed by atoms with Crippen LogP contribution in [0.1, 0.15) is 46.5 Å². The predicted octanol–water partition coefficient (Wildman–Crippen LogP) is 1.96. The average molecular weight is 232 g/mol. The molecule has 4 heteroatoms. The normalized spacial score (nSPS) is 12.7. The molecule has 0 rings (SSSR count). The molecule has 0 saturated carbocycles. The van der Waals surface area contributed by atoms with Crippen molar-refractivity contribution in [1.82, 2.24) is 0 Å². The van der Waals surface area contributed by atoms with E-state index in [1.807, 2.05) is 0 Å². The molecule has 0 aromatic carbocycles. The Hall–Kier alpha value is -0.870. The maximum absolute atomic E-state index is 10.3. The molecule has 1 atom stereocenters. The zero-order chi connectivity index (χ0) is 13.0. The molecule has 0 radical (unpaired) electrons. The summed E-state index contributed by atoms with van der Waals surface area (Å²) < 4.78 is 0. The maximum atomic E-state index is 10.3. The molecule has 0 aliphatic rings. The molecule has 0 amide bonds. The van der Waals surface area contributed by atoms with Gasteiger partial charge in [0.05, 0.1) is 12.7 Å². The van der Waals surface area contributed by atoms with E-state index < -0.39 is 12.1 Å². The molecule has 0 aromatic rings. The molecule has 4 nitrogen and oxygen atoms in total. The standard InChI is InChI=1S/C9H16O2.C3H8O2/c1-3-4-5-6-7-8(2)9(10)11;1-3(5)2-4/h7H,3-6H2,1-2H3,(H,10,11);3-5H,2H2,1H3. The Bertz CT molecular complexity index is 197. The Morgan fingerprint density at radius 1 is 1.38 bits per heavy atom. The fourth-order valence-electron chi connectivity index (χ4n) is 0.800. The summed E-state index contributed by atoms with van der Waals surface area (Å²) in [6.45, 7) is 5.15. The highest BCUT2D eigenvalue weighted by Crippen LogP contribution is 2.02. The summed E-state index contributed by atoms with van der Waals surface area (Å²) in [5, 5.41) is 24.5. The number of hydrogen-bond acceptors (Lipinski definition) is 3. The van der Waals surface area contributed by atoms with Crippen LogP contribution >= 0.6 is 0 Å². The van der Waals surface area contributed by atoms with Gasteiger partial charge in [-0.1, -0.05) is 25.8 Å². The summed E-state index contributed by atoms with van der Waals surface area (Å²) in [6, 6.07) is 0. The van der Waals surface area contributed by atoms with Crippen molar-refractivity contribution in [3.05, 3.63) is 11.6 Å². The quantitative estimate of drug-likeness (QED) is 0.483. The van der Waals surface area contributed by atoms with Crippen LogP contribution in [-0.4, -0.2) is 34.0 Å². The minimum atomic E-state index is -0.804. The van der Waals surface area contributed by atoms with Gasteiger partial charge < -0.3 is 15.3 Å². The zero-order valence-electron chi connectivity index (χ0n) is 10.4. The van der Waals surface area contributed by atoms with E-state index in [2.05, 4.69) is 6.92 Å². The van der Waals surface area contributed by atoms with Crippen molar-refractivity contribution in [3.63, 3.8) is 0 Å². The van der Waals surface area contributed by atoms with E-state index in [-0.39, 0.29) is 6.61 Å². The Morgan fingerprint density at radius 2 is 1.88 bits per heavy atom. The van der Waals surface area contributed by atoms with E-state index in [1.54, 1.807) is 13.0 Å². The number of rotatable bonds is 6. The van der Waals surface area contributed by atoms with Gasteiger partial charge in [0.2, 0.25) is 0 Å². The van der Waals surface area contributed by atoms with Crippen LogP contribution in [0.4, 0.5) is 0 Å². The van der Waals surface area contributed by atoms with Crippen LogP contribution in [0.15, 0.2) is 11.6 Å². The van der Waals surface area contributed by atoms with E-state index in [1.165, 1.54) is 19.8 Å². The molecule has 3 N–H and O–H groups in total. The Labute approximate surface area is 97.6 Å². The third-order valence-corrected chi connectivity index (χ3v) is 1.86. The first-order chi connectivity index (χ1) is 7.45. The van der Waals surface area contributed by atoms with Crippen molar-refractivity contribution in [2.75, 3.05) is 6.61 Å². The molecule has 1 unspecified atom stereocenters. The Balaban J connectivity index is 0. The van der Waals surface area contributed by atoms with Crippen molar-refractivity contribution in [2.45, 2.75) is 52.6 Å². The second-order valence-corrected chi connectivity index (χ2v) is 3.72. The average Bonchev–Trinajstić information content (AvgIpc) is 2.24. The SMILES string of the molecule is CC(O)CO.CCCCCC=C(C)C(=O)O. The summed E-state index contributed by atoms with van der Waals surface area (Å²) in [7, 11) is 0. The van der Waals surface area contributed by atoms with Crippen LogP contribution in [0.25, 0.3) is 0 Å². The smallest absolute Gasteiger partial charge is 0.330 e. The van der Waals surface area contributed by atoms with Gasteiger partial charge in [0.1, 0.15) is 0 Å². The summed E-state index contributed by atoms with van der Waals surface area (Å²) in [5.74, 6) is -0.804. The second-order valence-electron chi connectivity index (χ2n) is 3.72. The van der Waals surface area contributed by atoms with Gasteiger partial charge in [-0.05, 0) is 26.7 Å². The number of carboxylic acids is 1. The zero-order valence-corrected chi connectivity index (χ0v) is 10.4. The lowest BCUT2D eigenvalue weighted by atomic mass is 10.1. The largest absolute Gasteiger partial charge is 0.478 e. The minimum absolute atomic E-state index is 0.139. The van der Waals surface area contributed by atoms with Crippen molar-refractivity contribution < 1.29 is 20.1 Å². The molecule has 16 heavy (non-hydrogen) atoms. The van der Waals surface area contributed by atoms with Crippen LogP contribution in [0, 0.1) is 0 Å². The van der Waals surface area contributed by atoms with Crippen molar-refractivity contribution in [1.29, 1.82) is 0 Å². The monoisotopic (exact) mass is 232 g/mol. The van der Waals surface area contributed by atoms with Crippen LogP contribution in [0.5, 0.6) is 0 Å². The number of unbranched alkanes of at least 4 members (excludes halogenated alkanes) is 3. The lowest BCUT2D eigenvalue weighted by Gasteiger charge is -1.93. The number of allylic oxidation sites excluding steroid dienone is 1. The lowest BCUT2D eigenvalue weighted by Crippen LogP contribution is -2.03. The number of aliphatic hydroxyl groups excluding tert-OH is 2. The highest BCUT2D eigenvalue weighted by atomic mass is 16.4. The third-order valence-electron chi connectivity index (χ3n) is 1.86. The summed E-state index contributed by atoms with van der Waals surface area (Å²) >= 11 is 0. The van der Waals surface area contributed by atoms with Crippen LogP contribution in [-0.2, 0) is 4.79 Å². The van der Waals surface area contributed by atoms with E-state index in [0.717, 1.165) is 12.8 Å². The fourth-order valence-corrected chi connectivity index (χ4v) is 0.800. The van der Waals surface area contributed by atoms with Crippen molar-refractivity contribution in [2.24, 2.45) is 0 Å². The summed E-state index contributed by atoms with van der Waals surface area (Å²) in [5.41, 5.74) is 0.459. The summed E-state index contributed by atoms with van der Waals surface area (Å²) in [4.78, 5) is 10.3. The third kappa shape index (κ3) is 15.6. The minimum Gasteiger partial charge on any atom is -0.478 e. The second kappa shape index (κ2) is 12.2. The molecular weight excluding hydrogens is 208 g/mol. The first-order valence-electron chi connectivity index (χ1n) is 5.64. The number of carboxylic acid groups (broad SMARTS) is 1. The fraction of sp³-hybridized carbons (Fsp3) is 0.750. The predicted molar refractivity (Wildman–Crippen MR) is 64.3 cm³/mol. The molecule has 0 saturated heterocycles. The molecule has 0 spiro atoms. The van der Waals surface area contributed by atoms with E-state index in [0.29, 0.717) is 5.57 Å². The molecular formula is C12H24O4. The Morgan fingerprint density at radius 3 is 2.19 bits per heavy atom. The van der Waals surface area contributed by atoms with Gasteiger partial charge in [-0.15, -0.1) is 0 Å². The van der Waals surface area contributed by atoms with Gasteiger partial charge in [0.25, 0.3) is 0 Å². The highest BCUT2D eigenvalue weighted by Gasteiger charge is 1.96. The van der Waals surface area contributed by atoms with E-state index in [4.69, 9.17) is 15.3 Å². The highest BCUT2D eigenvalue weighted by molar-refractivity contribution is 5.85. The van der Waals surface area contributed by atoms with Gasteiger partial charge >= 0.3 is 5.97 Å². The first kappa shape index (κ1) is 17.5. The Kier molecular flexibility index (Phi) is 13.4. The van der Waals surface area contributed by atoms with E-state index >= 15 is 0 Å². The van der Waals surface area contributed by atoms with Gasteiger partial charge in [0.15, 0.2) is 0 Å². The topological polar surface area (TPSA) is 77.8 Å². The molecule has 0 aliphatic heterocycles. The molecule has 96 valence electrons. The van der Waals surface area contributed by atoms with Gasteiger partial charge in [-0.2, -0.15) is 0 Å². The number of aliphatic carboxylic acids is 1. The number of hydrogen-bond donors (Lipinski definition) is 3. The summed E-state index contributed by atoms with van der Waals surface area (Å²) in [6.07, 6.45) is 5.59. The van der Waals surface area contributed by atoms with Gasteiger partial charge in [-0.3, -0.25) is 0 Å². The van der Waals surface area contributed by atoms with Crippen LogP contribution in [0.3, 0.4) is 0 Å². The van der Waals surface area contributed by atoms with Gasteiger partial charge in [0, 0.05) is 5.57 Å². The van der Waals surface area contributed by atoms with Crippen molar-refractivity contribution in [3.8, 4) is 0 Å². The lowest BCUT2D eigenvalue weighted by molar-refractivity contribution is -0.132. The van der Waals surface area contributed by atoms with Crippen LogP contribution in [0.2, 0.25) is 0 Å². The first-order valence-corrected chi connectivity index (χ1v) is 5.64. The van der Waals surface area contributed by atoms with Crippen LogP contribution < -0.4 is 0 Å². The molecule has 0 aromatic heterocycles. The molecule has 0 heterocycles. The molecule has 0 bridgehead atoms. The maximum Gasteiger partial charge on any atom is 0.330 e. The molecule has 0 aliphatic carbocycles.